The SMILES string of the molecule is Cc1ccc(S(=O)(=O)NC(CC(C)C)C(=O)NCCCS(=O)(=O)c2ccccc2)cc1. The van der Waals surface area contributed by atoms with Crippen molar-refractivity contribution in [2.45, 2.75) is 49.4 Å². The average molecular weight is 467 g/mol. The van der Waals surface area contributed by atoms with Gasteiger partial charge in [0, 0.05) is 6.54 Å². The predicted octanol–water partition coefficient (Wildman–Crippen LogP) is 2.67. The van der Waals surface area contributed by atoms with Gasteiger partial charge in [0.05, 0.1) is 15.5 Å². The van der Waals surface area contributed by atoms with Crippen molar-refractivity contribution < 1.29 is 21.6 Å². The third kappa shape index (κ3) is 7.75. The fourth-order valence-corrected chi connectivity index (χ4v) is 5.54. The normalized spacial score (nSPS) is 13.2. The predicted molar refractivity (Wildman–Crippen MR) is 121 cm³/mol. The molecule has 0 saturated heterocycles. The number of carbonyl (C=O) groups is 1. The summed E-state index contributed by atoms with van der Waals surface area (Å²) in [5, 5.41) is 2.67. The van der Waals surface area contributed by atoms with Crippen LogP contribution in [0.25, 0.3) is 0 Å². The molecule has 0 heterocycles. The smallest absolute Gasteiger partial charge is 0.241 e. The summed E-state index contributed by atoms with van der Waals surface area (Å²) in [4.78, 5) is 13.0. The molecule has 0 bridgehead atoms. The molecule has 0 aliphatic heterocycles. The van der Waals surface area contributed by atoms with Gasteiger partial charge in [-0.15, -0.1) is 0 Å². The molecule has 1 amide bonds. The van der Waals surface area contributed by atoms with Crippen LogP contribution in [0.4, 0.5) is 0 Å². The Kier molecular flexibility index (Phi) is 8.79. The molecule has 9 heteroatoms. The van der Waals surface area contributed by atoms with Crippen molar-refractivity contribution in [3.05, 3.63) is 60.2 Å². The van der Waals surface area contributed by atoms with Crippen molar-refractivity contribution in [2.24, 2.45) is 5.92 Å². The van der Waals surface area contributed by atoms with Crippen molar-refractivity contribution in [3.8, 4) is 0 Å². The molecule has 1 unspecified atom stereocenters. The first-order valence-corrected chi connectivity index (χ1v) is 13.3. The molecule has 31 heavy (non-hydrogen) atoms. The minimum absolute atomic E-state index is 0.0786. The van der Waals surface area contributed by atoms with Crippen molar-refractivity contribution >= 4 is 25.8 Å². The number of aryl methyl sites for hydroxylation is 1. The monoisotopic (exact) mass is 466 g/mol. The van der Waals surface area contributed by atoms with Gasteiger partial charge in [-0.2, -0.15) is 4.72 Å². The second-order valence-electron chi connectivity index (χ2n) is 7.89. The fraction of sp³-hybridized carbons (Fsp3) is 0.409. The number of benzene rings is 2. The minimum atomic E-state index is -3.86. The first-order chi connectivity index (χ1) is 14.5. The summed E-state index contributed by atoms with van der Waals surface area (Å²) >= 11 is 0. The number of hydrogen-bond donors (Lipinski definition) is 2. The first-order valence-electron chi connectivity index (χ1n) is 10.2. The molecule has 170 valence electrons. The second kappa shape index (κ2) is 10.9. The molecule has 2 rings (SSSR count). The summed E-state index contributed by atoms with van der Waals surface area (Å²) in [6.45, 7) is 5.78. The Labute approximate surface area is 185 Å². The van der Waals surface area contributed by atoms with Crippen LogP contribution in [0.15, 0.2) is 64.4 Å². The molecule has 0 radical (unpaired) electrons. The largest absolute Gasteiger partial charge is 0.355 e. The second-order valence-corrected chi connectivity index (χ2v) is 11.7. The van der Waals surface area contributed by atoms with Crippen LogP contribution in [0.3, 0.4) is 0 Å². The highest BCUT2D eigenvalue weighted by molar-refractivity contribution is 7.91. The Hall–Kier alpha value is -2.23. The van der Waals surface area contributed by atoms with Gasteiger partial charge in [-0.1, -0.05) is 49.7 Å². The van der Waals surface area contributed by atoms with E-state index in [0.29, 0.717) is 6.42 Å². The van der Waals surface area contributed by atoms with Gasteiger partial charge in [0.1, 0.15) is 6.04 Å². The van der Waals surface area contributed by atoms with Gasteiger partial charge in [0.2, 0.25) is 15.9 Å². The molecule has 0 fully saturated rings. The van der Waals surface area contributed by atoms with Crippen LogP contribution in [-0.4, -0.2) is 41.1 Å². The third-order valence-corrected chi connectivity index (χ3v) is 7.95. The van der Waals surface area contributed by atoms with E-state index in [1.165, 1.54) is 24.3 Å². The summed E-state index contributed by atoms with van der Waals surface area (Å²) < 4.78 is 52.5. The molecule has 1 atom stereocenters. The Morgan fingerprint density at radius 2 is 1.52 bits per heavy atom. The van der Waals surface area contributed by atoms with E-state index in [-0.39, 0.29) is 34.4 Å². The zero-order chi connectivity index (χ0) is 23.1. The molecule has 0 spiro atoms. The van der Waals surface area contributed by atoms with Crippen molar-refractivity contribution in [3.63, 3.8) is 0 Å². The van der Waals surface area contributed by atoms with E-state index in [2.05, 4.69) is 10.0 Å². The topological polar surface area (TPSA) is 109 Å². The summed E-state index contributed by atoms with van der Waals surface area (Å²) in [7, 11) is -7.29. The quantitative estimate of drug-likeness (QED) is 0.495. The van der Waals surface area contributed by atoms with Gasteiger partial charge < -0.3 is 5.32 Å². The van der Waals surface area contributed by atoms with E-state index in [4.69, 9.17) is 0 Å². The molecule has 0 saturated carbocycles. The first kappa shape index (κ1) is 25.0. The highest BCUT2D eigenvalue weighted by Gasteiger charge is 2.26. The molecular formula is C22H30N2O5S2. The van der Waals surface area contributed by atoms with Gasteiger partial charge in [-0.25, -0.2) is 16.8 Å². The summed E-state index contributed by atoms with van der Waals surface area (Å²) in [5.74, 6) is -0.502. The highest BCUT2D eigenvalue weighted by Crippen LogP contribution is 2.14. The summed E-state index contributed by atoms with van der Waals surface area (Å²) in [6, 6.07) is 13.6. The summed E-state index contributed by atoms with van der Waals surface area (Å²) in [6.07, 6.45) is 0.543. The average Bonchev–Trinajstić information content (AvgIpc) is 2.71. The number of carbonyl (C=O) groups excluding carboxylic acids is 1. The maximum Gasteiger partial charge on any atom is 0.241 e. The van der Waals surface area contributed by atoms with Crippen LogP contribution in [0.5, 0.6) is 0 Å². The van der Waals surface area contributed by atoms with Gasteiger partial charge in [-0.05, 0) is 49.9 Å². The van der Waals surface area contributed by atoms with Crippen LogP contribution in [0.2, 0.25) is 0 Å². The van der Waals surface area contributed by atoms with E-state index in [1.807, 2.05) is 20.8 Å². The molecule has 2 N–H and O–H groups in total. The number of nitrogens with one attached hydrogen (secondary N) is 2. The van der Waals surface area contributed by atoms with Gasteiger partial charge in [0.15, 0.2) is 9.84 Å². The van der Waals surface area contributed by atoms with Gasteiger partial charge in [0.25, 0.3) is 0 Å². The molecule has 0 aromatic heterocycles. The van der Waals surface area contributed by atoms with Crippen LogP contribution in [0.1, 0.15) is 32.3 Å². The lowest BCUT2D eigenvalue weighted by Gasteiger charge is -2.20. The number of amides is 1. The Morgan fingerprint density at radius 1 is 0.903 bits per heavy atom. The lowest BCUT2D eigenvalue weighted by Crippen LogP contribution is -2.47. The van der Waals surface area contributed by atoms with Crippen LogP contribution < -0.4 is 10.0 Å². The van der Waals surface area contributed by atoms with Crippen molar-refractivity contribution in [1.82, 2.24) is 10.0 Å². The lowest BCUT2D eigenvalue weighted by atomic mass is 10.0. The van der Waals surface area contributed by atoms with E-state index >= 15 is 0 Å². The van der Waals surface area contributed by atoms with Crippen molar-refractivity contribution in [1.29, 1.82) is 0 Å². The summed E-state index contributed by atoms with van der Waals surface area (Å²) in [5.41, 5.74) is 0.931. The Bertz CT molecular complexity index is 1060. The number of sulfone groups is 1. The van der Waals surface area contributed by atoms with E-state index in [1.54, 1.807) is 30.3 Å². The fourth-order valence-electron chi connectivity index (χ4n) is 3.00. The van der Waals surface area contributed by atoms with E-state index in [0.717, 1.165) is 5.56 Å². The third-order valence-electron chi connectivity index (χ3n) is 4.64. The number of sulfonamides is 1. The maximum atomic E-state index is 12.7. The zero-order valence-electron chi connectivity index (χ0n) is 18.0. The molecule has 0 aliphatic rings. The standard InChI is InChI=1S/C22H30N2O5S2/c1-17(2)16-21(24-31(28,29)20-12-10-18(3)11-13-20)22(25)23-14-7-15-30(26,27)19-8-5-4-6-9-19/h4-6,8-13,17,21,24H,7,14-16H2,1-3H3,(H,23,25). The number of rotatable bonds is 11. The van der Waals surface area contributed by atoms with Crippen molar-refractivity contribution in [2.75, 3.05) is 12.3 Å². The number of hydrogen-bond acceptors (Lipinski definition) is 5. The van der Waals surface area contributed by atoms with E-state index in [9.17, 15) is 21.6 Å². The molecule has 2 aromatic rings. The maximum absolute atomic E-state index is 12.7. The molecule has 0 aliphatic carbocycles. The molecule has 7 nitrogen and oxygen atoms in total. The Balaban J connectivity index is 1.97. The van der Waals surface area contributed by atoms with Crippen LogP contribution in [-0.2, 0) is 24.7 Å². The van der Waals surface area contributed by atoms with Crippen LogP contribution >= 0.6 is 0 Å². The molecule has 2 aromatic carbocycles. The zero-order valence-corrected chi connectivity index (χ0v) is 19.7. The van der Waals surface area contributed by atoms with Crippen LogP contribution in [0, 0.1) is 12.8 Å². The molecular weight excluding hydrogens is 436 g/mol. The highest BCUT2D eigenvalue weighted by atomic mass is 32.2. The van der Waals surface area contributed by atoms with E-state index < -0.39 is 31.8 Å². The van der Waals surface area contributed by atoms with Gasteiger partial charge in [-0.3, -0.25) is 4.79 Å². The van der Waals surface area contributed by atoms with Gasteiger partial charge >= 0.3 is 0 Å². The minimum Gasteiger partial charge on any atom is -0.355 e. The lowest BCUT2D eigenvalue weighted by molar-refractivity contribution is -0.123. The Morgan fingerprint density at radius 3 is 2.10 bits per heavy atom.